The van der Waals surface area contributed by atoms with Crippen LogP contribution >= 0.6 is 22.6 Å². The molecule has 0 amide bonds. The molecule has 18 heavy (non-hydrogen) atoms. The van der Waals surface area contributed by atoms with Crippen molar-refractivity contribution in [1.82, 2.24) is 9.97 Å². The maximum Gasteiger partial charge on any atom is 0.236 e. The molecular weight excluding hydrogens is 347 g/mol. The van der Waals surface area contributed by atoms with Crippen molar-refractivity contribution in [2.45, 2.75) is 0 Å². The van der Waals surface area contributed by atoms with Gasteiger partial charge in [-0.2, -0.15) is 0 Å². The van der Waals surface area contributed by atoms with Gasteiger partial charge in [0.1, 0.15) is 6.33 Å². The fourth-order valence-electron chi connectivity index (χ4n) is 1.39. The molecule has 2 aromatic rings. The summed E-state index contributed by atoms with van der Waals surface area (Å²) < 4.78 is 17.1. The number of rotatable bonds is 4. The molecule has 0 atom stereocenters. The quantitative estimate of drug-likeness (QED) is 0.787. The molecule has 2 rings (SSSR count). The summed E-state index contributed by atoms with van der Waals surface area (Å²) in [5.74, 6) is 2.14. The van der Waals surface area contributed by atoms with Crippen molar-refractivity contribution < 1.29 is 14.2 Å². The molecule has 0 unspecified atom stereocenters. The zero-order valence-corrected chi connectivity index (χ0v) is 12.0. The second-order valence-electron chi connectivity index (χ2n) is 3.27. The lowest BCUT2D eigenvalue weighted by Gasteiger charge is -2.13. The maximum absolute atomic E-state index is 5.74. The highest BCUT2D eigenvalue weighted by Crippen LogP contribution is 2.40. The summed E-state index contributed by atoms with van der Waals surface area (Å²) in [6, 6.07) is 5.42. The van der Waals surface area contributed by atoms with Crippen LogP contribution in [0.3, 0.4) is 0 Å². The minimum atomic E-state index is 0.466. The predicted molar refractivity (Wildman–Crippen MR) is 74.4 cm³/mol. The van der Waals surface area contributed by atoms with Crippen LogP contribution in [0.15, 0.2) is 30.7 Å². The summed E-state index contributed by atoms with van der Waals surface area (Å²) in [5, 5.41) is 0. The third-order valence-corrected chi connectivity index (χ3v) is 2.96. The van der Waals surface area contributed by atoms with E-state index in [1.54, 1.807) is 32.5 Å². The lowest BCUT2D eigenvalue weighted by molar-refractivity contribution is 0.340. The van der Waals surface area contributed by atoms with Crippen LogP contribution in [0.4, 0.5) is 0 Å². The highest BCUT2D eigenvalue weighted by Gasteiger charge is 2.14. The number of methoxy groups -OCH3 is 2. The van der Waals surface area contributed by atoms with E-state index in [4.69, 9.17) is 14.2 Å². The number of para-hydroxylation sites is 1. The van der Waals surface area contributed by atoms with Crippen molar-refractivity contribution in [2.75, 3.05) is 14.2 Å². The van der Waals surface area contributed by atoms with E-state index < -0.39 is 0 Å². The van der Waals surface area contributed by atoms with Crippen LogP contribution in [-0.4, -0.2) is 24.2 Å². The van der Waals surface area contributed by atoms with Gasteiger partial charge in [0.15, 0.2) is 11.5 Å². The van der Waals surface area contributed by atoms with Gasteiger partial charge in [0.05, 0.1) is 17.8 Å². The highest BCUT2D eigenvalue weighted by molar-refractivity contribution is 14.1. The zero-order chi connectivity index (χ0) is 13.0. The van der Waals surface area contributed by atoms with Gasteiger partial charge in [-0.05, 0) is 34.7 Å². The fourth-order valence-corrected chi connectivity index (χ4v) is 1.80. The molecule has 1 aromatic carbocycles. The molecule has 6 heteroatoms. The number of benzene rings is 1. The lowest BCUT2D eigenvalue weighted by Crippen LogP contribution is -1.97. The monoisotopic (exact) mass is 358 g/mol. The normalized spacial score (nSPS) is 9.94. The zero-order valence-electron chi connectivity index (χ0n) is 9.88. The SMILES string of the molecule is COc1cccc(OC)c1Oc1ncncc1I. The lowest BCUT2D eigenvalue weighted by atomic mass is 10.3. The first-order valence-electron chi connectivity index (χ1n) is 5.10. The topological polar surface area (TPSA) is 53.5 Å². The molecule has 1 heterocycles. The van der Waals surface area contributed by atoms with Gasteiger partial charge in [-0.15, -0.1) is 0 Å². The number of halogens is 1. The van der Waals surface area contributed by atoms with E-state index in [0.29, 0.717) is 23.1 Å². The minimum Gasteiger partial charge on any atom is -0.493 e. The molecule has 0 aliphatic rings. The molecule has 0 bridgehead atoms. The molecule has 0 fully saturated rings. The smallest absolute Gasteiger partial charge is 0.236 e. The van der Waals surface area contributed by atoms with Crippen LogP contribution in [0.1, 0.15) is 0 Å². The van der Waals surface area contributed by atoms with Gasteiger partial charge in [-0.25, -0.2) is 9.97 Å². The summed E-state index contributed by atoms with van der Waals surface area (Å²) in [5.41, 5.74) is 0. The fraction of sp³-hybridized carbons (Fsp3) is 0.167. The Morgan fingerprint density at radius 2 is 1.78 bits per heavy atom. The summed E-state index contributed by atoms with van der Waals surface area (Å²) in [4.78, 5) is 7.98. The number of nitrogens with zero attached hydrogens (tertiary/aromatic N) is 2. The van der Waals surface area contributed by atoms with E-state index in [-0.39, 0.29) is 0 Å². The van der Waals surface area contributed by atoms with Gasteiger partial charge in [0, 0.05) is 6.20 Å². The van der Waals surface area contributed by atoms with Crippen molar-refractivity contribution in [3.05, 3.63) is 34.3 Å². The van der Waals surface area contributed by atoms with Gasteiger partial charge in [0.25, 0.3) is 0 Å². The first-order chi connectivity index (χ1) is 8.76. The molecule has 0 saturated heterocycles. The number of hydrogen-bond acceptors (Lipinski definition) is 5. The van der Waals surface area contributed by atoms with Gasteiger partial charge in [-0.3, -0.25) is 0 Å². The molecule has 0 aliphatic heterocycles. The Morgan fingerprint density at radius 3 is 2.33 bits per heavy atom. The second-order valence-corrected chi connectivity index (χ2v) is 4.43. The predicted octanol–water partition coefficient (Wildman–Crippen LogP) is 2.89. The van der Waals surface area contributed by atoms with E-state index in [0.717, 1.165) is 3.57 Å². The van der Waals surface area contributed by atoms with Gasteiger partial charge >= 0.3 is 0 Å². The standard InChI is InChI=1S/C12H11IN2O3/c1-16-9-4-3-5-10(17-2)11(9)18-12-8(13)6-14-7-15-12/h3-7H,1-2H3. The first kappa shape index (κ1) is 12.9. The molecule has 5 nitrogen and oxygen atoms in total. The number of aromatic nitrogens is 2. The Labute approximate surface area is 118 Å². The van der Waals surface area contributed by atoms with E-state index >= 15 is 0 Å². The maximum atomic E-state index is 5.74. The van der Waals surface area contributed by atoms with Crippen LogP contribution in [-0.2, 0) is 0 Å². The van der Waals surface area contributed by atoms with Crippen molar-refractivity contribution in [2.24, 2.45) is 0 Å². The Balaban J connectivity index is 2.42. The molecule has 0 aliphatic carbocycles. The molecule has 0 radical (unpaired) electrons. The van der Waals surface area contributed by atoms with Gasteiger partial charge in [-0.1, -0.05) is 6.07 Å². The van der Waals surface area contributed by atoms with Crippen molar-refractivity contribution >= 4 is 22.6 Å². The first-order valence-corrected chi connectivity index (χ1v) is 6.18. The van der Waals surface area contributed by atoms with Crippen LogP contribution < -0.4 is 14.2 Å². The number of ether oxygens (including phenoxy) is 3. The van der Waals surface area contributed by atoms with Crippen molar-refractivity contribution in [3.63, 3.8) is 0 Å². The van der Waals surface area contributed by atoms with Crippen molar-refractivity contribution in [3.8, 4) is 23.1 Å². The van der Waals surface area contributed by atoms with Crippen LogP contribution in [0.5, 0.6) is 23.1 Å². The molecular formula is C12H11IN2O3. The van der Waals surface area contributed by atoms with Gasteiger partial charge in [0.2, 0.25) is 11.6 Å². The Morgan fingerprint density at radius 1 is 1.11 bits per heavy atom. The third-order valence-electron chi connectivity index (χ3n) is 2.22. The Bertz CT molecular complexity index is 526. The summed E-state index contributed by atoms with van der Waals surface area (Å²) in [6.07, 6.45) is 3.10. The van der Waals surface area contributed by atoms with Crippen LogP contribution in [0.2, 0.25) is 0 Å². The van der Waals surface area contributed by atoms with Crippen LogP contribution in [0, 0.1) is 3.57 Å². The highest BCUT2D eigenvalue weighted by atomic mass is 127. The second kappa shape index (κ2) is 5.85. The largest absolute Gasteiger partial charge is 0.493 e. The third kappa shape index (κ3) is 2.63. The molecule has 1 aromatic heterocycles. The van der Waals surface area contributed by atoms with Crippen molar-refractivity contribution in [1.29, 1.82) is 0 Å². The molecule has 0 N–H and O–H groups in total. The summed E-state index contributed by atoms with van der Waals surface area (Å²) in [6.45, 7) is 0. The molecule has 0 saturated carbocycles. The van der Waals surface area contributed by atoms with Crippen LogP contribution in [0.25, 0.3) is 0 Å². The summed E-state index contributed by atoms with van der Waals surface area (Å²) >= 11 is 2.10. The van der Waals surface area contributed by atoms with E-state index in [1.165, 1.54) is 6.33 Å². The molecule has 94 valence electrons. The van der Waals surface area contributed by atoms with E-state index in [9.17, 15) is 0 Å². The summed E-state index contributed by atoms with van der Waals surface area (Å²) in [7, 11) is 3.15. The minimum absolute atomic E-state index is 0.466. The average molecular weight is 358 g/mol. The molecule has 0 spiro atoms. The Hall–Kier alpha value is -1.57. The average Bonchev–Trinajstić information content (AvgIpc) is 2.41. The number of hydrogen-bond donors (Lipinski definition) is 0. The van der Waals surface area contributed by atoms with E-state index in [2.05, 4.69) is 32.6 Å². The van der Waals surface area contributed by atoms with E-state index in [1.807, 2.05) is 6.07 Å². The van der Waals surface area contributed by atoms with Gasteiger partial charge < -0.3 is 14.2 Å². The Kier molecular flexibility index (Phi) is 4.19.